The Morgan fingerprint density at radius 2 is 1.56 bits per heavy atom. The van der Waals surface area contributed by atoms with Gasteiger partial charge in [-0.1, -0.05) is 28.8 Å². The van der Waals surface area contributed by atoms with Gasteiger partial charge in [0.1, 0.15) is 11.5 Å². The van der Waals surface area contributed by atoms with Gasteiger partial charge in [0.15, 0.2) is 12.6 Å². The van der Waals surface area contributed by atoms with E-state index >= 15 is 0 Å². The summed E-state index contributed by atoms with van der Waals surface area (Å²) in [5.41, 5.74) is 1.22. The third-order valence-electron chi connectivity index (χ3n) is 5.16. The highest BCUT2D eigenvalue weighted by Gasteiger charge is 2.19. The summed E-state index contributed by atoms with van der Waals surface area (Å²) in [5, 5.41) is 1.09. The van der Waals surface area contributed by atoms with E-state index in [-0.39, 0.29) is 12.6 Å². The molecule has 5 heteroatoms. The monoisotopic (exact) mass is 440 g/mol. The molecule has 0 spiro atoms. The molecule has 152 valence electrons. The summed E-state index contributed by atoms with van der Waals surface area (Å²) >= 11 is 3.51. The summed E-state index contributed by atoms with van der Waals surface area (Å²) in [5.74, 6) is 1.83. The zero-order chi connectivity index (χ0) is 18.7. The van der Waals surface area contributed by atoms with Crippen LogP contribution < -0.4 is 9.47 Å². The van der Waals surface area contributed by atoms with Crippen LogP contribution >= 0.6 is 15.9 Å². The van der Waals surface area contributed by atoms with Crippen molar-refractivity contribution in [2.45, 2.75) is 83.2 Å². The molecule has 0 N–H and O–H groups in total. The van der Waals surface area contributed by atoms with Crippen LogP contribution in [0.15, 0.2) is 18.2 Å². The van der Waals surface area contributed by atoms with Crippen LogP contribution in [0, 0.1) is 0 Å². The fraction of sp³-hybridized carbons (Fsp3) is 0.727. The van der Waals surface area contributed by atoms with E-state index in [0.29, 0.717) is 0 Å². The van der Waals surface area contributed by atoms with Crippen LogP contribution in [-0.2, 0) is 15.9 Å². The molecular weight excluding hydrogens is 408 g/mol. The molecule has 4 nitrogen and oxygen atoms in total. The lowest BCUT2D eigenvalue weighted by Crippen LogP contribution is -2.26. The van der Waals surface area contributed by atoms with Crippen molar-refractivity contribution >= 4 is 15.9 Å². The second-order valence-electron chi connectivity index (χ2n) is 7.45. The minimum absolute atomic E-state index is 0.112. The minimum Gasteiger partial charge on any atom is -0.465 e. The smallest absolute Gasteiger partial charge is 0.199 e. The predicted octanol–water partition coefficient (Wildman–Crippen LogP) is 6.00. The van der Waals surface area contributed by atoms with Crippen LogP contribution in [0.3, 0.4) is 0 Å². The summed E-state index contributed by atoms with van der Waals surface area (Å²) in [4.78, 5) is 0. The largest absolute Gasteiger partial charge is 0.465 e. The third-order valence-corrected chi connectivity index (χ3v) is 5.72. The van der Waals surface area contributed by atoms with Gasteiger partial charge in [-0.2, -0.15) is 0 Å². The molecule has 0 amide bonds. The summed E-state index contributed by atoms with van der Waals surface area (Å²) in [6.07, 6.45) is 12.2. The van der Waals surface area contributed by atoms with E-state index in [9.17, 15) is 0 Å². The lowest BCUT2D eigenvalue weighted by Gasteiger charge is -2.26. The Bertz CT molecular complexity index is 539. The molecule has 2 aliphatic heterocycles. The maximum absolute atomic E-state index is 6.19. The number of aryl methyl sites for hydroxylation is 1. The number of alkyl halides is 1. The zero-order valence-electron chi connectivity index (χ0n) is 16.3. The topological polar surface area (TPSA) is 36.9 Å². The fourth-order valence-corrected chi connectivity index (χ4v) is 4.00. The summed E-state index contributed by atoms with van der Waals surface area (Å²) in [7, 11) is 0. The highest BCUT2D eigenvalue weighted by atomic mass is 79.9. The van der Waals surface area contributed by atoms with E-state index in [1.807, 2.05) is 12.1 Å². The number of hydrogen-bond donors (Lipinski definition) is 0. The Morgan fingerprint density at radius 3 is 2.22 bits per heavy atom. The van der Waals surface area contributed by atoms with E-state index in [0.717, 1.165) is 68.6 Å². The lowest BCUT2D eigenvalue weighted by atomic mass is 10.0. The first-order chi connectivity index (χ1) is 13.3. The van der Waals surface area contributed by atoms with Crippen LogP contribution in [-0.4, -0.2) is 31.1 Å². The molecule has 2 aliphatic rings. The molecule has 1 aromatic rings. The first kappa shape index (κ1) is 20.9. The van der Waals surface area contributed by atoms with Gasteiger partial charge in [0, 0.05) is 18.2 Å². The molecule has 0 aliphatic carbocycles. The van der Waals surface area contributed by atoms with E-state index in [1.165, 1.54) is 37.7 Å². The highest BCUT2D eigenvalue weighted by Crippen LogP contribution is 2.30. The van der Waals surface area contributed by atoms with Crippen LogP contribution in [0.1, 0.15) is 69.8 Å². The number of ether oxygens (including phenoxy) is 4. The number of halogens is 1. The molecular formula is C22H33BrO4. The van der Waals surface area contributed by atoms with Gasteiger partial charge in [0.05, 0.1) is 13.2 Å². The van der Waals surface area contributed by atoms with Crippen molar-refractivity contribution in [1.29, 1.82) is 0 Å². The van der Waals surface area contributed by atoms with Gasteiger partial charge in [0.2, 0.25) is 0 Å². The van der Waals surface area contributed by atoms with Crippen LogP contribution in [0.25, 0.3) is 0 Å². The average molecular weight is 441 g/mol. The number of hydrogen-bond acceptors (Lipinski definition) is 4. The van der Waals surface area contributed by atoms with Crippen molar-refractivity contribution in [2.75, 3.05) is 18.5 Å². The number of benzene rings is 1. The molecule has 1 aromatic carbocycles. The quantitative estimate of drug-likeness (QED) is 0.330. The maximum Gasteiger partial charge on any atom is 0.199 e. The van der Waals surface area contributed by atoms with Crippen molar-refractivity contribution in [2.24, 2.45) is 0 Å². The standard InChI is InChI=1S/C22H33BrO4/c23-14-6-2-1-3-9-18-17-19(26-21-10-4-7-15-24-21)12-13-20(18)27-22-11-5-8-16-25-22/h12-13,17,21-22H,1-11,14-16H2. The van der Waals surface area contributed by atoms with E-state index in [2.05, 4.69) is 22.0 Å². The molecule has 3 rings (SSSR count). The Morgan fingerprint density at radius 1 is 0.852 bits per heavy atom. The van der Waals surface area contributed by atoms with Gasteiger partial charge in [-0.3, -0.25) is 0 Å². The maximum atomic E-state index is 6.19. The van der Waals surface area contributed by atoms with E-state index < -0.39 is 0 Å². The van der Waals surface area contributed by atoms with Gasteiger partial charge in [-0.15, -0.1) is 0 Å². The molecule has 2 heterocycles. The molecule has 0 saturated carbocycles. The minimum atomic E-state index is -0.112. The van der Waals surface area contributed by atoms with Crippen molar-refractivity contribution in [1.82, 2.24) is 0 Å². The van der Waals surface area contributed by atoms with E-state index in [4.69, 9.17) is 18.9 Å². The van der Waals surface area contributed by atoms with Crippen LogP contribution in [0.4, 0.5) is 0 Å². The number of rotatable bonds is 10. The summed E-state index contributed by atoms with van der Waals surface area (Å²) in [6.45, 7) is 1.60. The zero-order valence-corrected chi connectivity index (χ0v) is 17.9. The average Bonchev–Trinajstić information content (AvgIpc) is 2.71. The molecule has 0 aromatic heterocycles. The summed E-state index contributed by atoms with van der Waals surface area (Å²) in [6, 6.07) is 6.19. The van der Waals surface area contributed by atoms with Crippen molar-refractivity contribution in [3.8, 4) is 11.5 Å². The second-order valence-corrected chi connectivity index (χ2v) is 8.24. The third kappa shape index (κ3) is 7.28. The van der Waals surface area contributed by atoms with Gasteiger partial charge >= 0.3 is 0 Å². The van der Waals surface area contributed by atoms with Gasteiger partial charge < -0.3 is 18.9 Å². The molecule has 0 bridgehead atoms. The SMILES string of the molecule is BrCCCCCCc1cc(OC2CCCCO2)ccc1OC1CCCCO1. The first-order valence-corrected chi connectivity index (χ1v) is 11.7. The van der Waals surface area contributed by atoms with E-state index in [1.54, 1.807) is 0 Å². The lowest BCUT2D eigenvalue weighted by molar-refractivity contribution is -0.108. The fourth-order valence-electron chi connectivity index (χ4n) is 3.60. The summed E-state index contributed by atoms with van der Waals surface area (Å²) < 4.78 is 23.8. The Kier molecular flexibility index (Phi) is 9.25. The molecule has 2 atom stereocenters. The van der Waals surface area contributed by atoms with Gasteiger partial charge in [0.25, 0.3) is 0 Å². The molecule has 2 fully saturated rings. The van der Waals surface area contributed by atoms with Gasteiger partial charge in [-0.05, 0) is 68.7 Å². The molecule has 2 saturated heterocycles. The Hall–Kier alpha value is -0.780. The van der Waals surface area contributed by atoms with Gasteiger partial charge in [-0.25, -0.2) is 0 Å². The normalized spacial score (nSPS) is 23.1. The Balaban J connectivity index is 1.62. The van der Waals surface area contributed by atoms with Crippen LogP contribution in [0.2, 0.25) is 0 Å². The van der Waals surface area contributed by atoms with Crippen molar-refractivity contribution in [3.05, 3.63) is 23.8 Å². The van der Waals surface area contributed by atoms with Crippen molar-refractivity contribution in [3.63, 3.8) is 0 Å². The highest BCUT2D eigenvalue weighted by molar-refractivity contribution is 9.09. The Labute approximate surface area is 172 Å². The number of unbranched alkanes of at least 4 members (excludes halogenated alkanes) is 3. The molecule has 27 heavy (non-hydrogen) atoms. The van der Waals surface area contributed by atoms with Crippen molar-refractivity contribution < 1.29 is 18.9 Å². The molecule has 2 unspecified atom stereocenters. The first-order valence-electron chi connectivity index (χ1n) is 10.6. The van der Waals surface area contributed by atoms with Crippen LogP contribution in [0.5, 0.6) is 11.5 Å². The molecule has 0 radical (unpaired) electrons. The predicted molar refractivity (Wildman–Crippen MR) is 111 cm³/mol. The second kappa shape index (κ2) is 11.9.